The second-order valence-electron chi connectivity index (χ2n) is 6.75. The van der Waals surface area contributed by atoms with E-state index in [1.807, 2.05) is 61.5 Å². The molecule has 2 aromatic rings. The van der Waals surface area contributed by atoms with Crippen LogP contribution in [0.2, 0.25) is 0 Å². The van der Waals surface area contributed by atoms with Crippen molar-refractivity contribution >= 4 is 11.6 Å². The summed E-state index contributed by atoms with van der Waals surface area (Å²) < 4.78 is 0. The smallest absolute Gasteiger partial charge is 0.238 e. The summed E-state index contributed by atoms with van der Waals surface area (Å²) in [5, 5.41) is 12.7. The number of amides is 1. The molecule has 1 amide bonds. The van der Waals surface area contributed by atoms with E-state index in [1.54, 1.807) is 0 Å². The van der Waals surface area contributed by atoms with Gasteiger partial charge < -0.3 is 5.32 Å². The van der Waals surface area contributed by atoms with Gasteiger partial charge in [-0.25, -0.2) is 0 Å². The Morgan fingerprint density at radius 3 is 2.52 bits per heavy atom. The van der Waals surface area contributed by atoms with Gasteiger partial charge in [0.25, 0.3) is 0 Å². The van der Waals surface area contributed by atoms with Gasteiger partial charge in [0.15, 0.2) is 0 Å². The van der Waals surface area contributed by atoms with E-state index in [1.165, 1.54) is 0 Å². The van der Waals surface area contributed by atoms with Gasteiger partial charge in [0.1, 0.15) is 0 Å². The number of hydrogen-bond donors (Lipinski definition) is 1. The number of aryl methyl sites for hydroxylation is 1. The summed E-state index contributed by atoms with van der Waals surface area (Å²) in [6.45, 7) is 3.88. The van der Waals surface area contributed by atoms with Crippen LogP contribution in [0.15, 0.2) is 54.6 Å². The van der Waals surface area contributed by atoms with Crippen LogP contribution in [0, 0.1) is 18.3 Å². The monoisotopic (exact) mass is 333 g/mol. The van der Waals surface area contributed by atoms with Crippen LogP contribution >= 0.6 is 0 Å². The van der Waals surface area contributed by atoms with Crippen molar-refractivity contribution in [3.8, 4) is 6.07 Å². The van der Waals surface area contributed by atoms with Gasteiger partial charge >= 0.3 is 0 Å². The van der Waals surface area contributed by atoms with Gasteiger partial charge in [-0.3, -0.25) is 9.69 Å². The molecule has 3 rings (SSSR count). The highest BCUT2D eigenvalue weighted by Crippen LogP contribution is 2.34. The fourth-order valence-corrected chi connectivity index (χ4v) is 3.44. The fourth-order valence-electron chi connectivity index (χ4n) is 3.44. The minimum absolute atomic E-state index is 0.00484. The van der Waals surface area contributed by atoms with Crippen LogP contribution in [-0.2, 0) is 10.2 Å². The maximum Gasteiger partial charge on any atom is 0.238 e. The molecule has 0 bridgehead atoms. The molecule has 1 saturated heterocycles. The number of carbonyl (C=O) groups excluding carboxylic acids is 1. The minimum Gasteiger partial charge on any atom is -0.325 e. The number of nitriles is 1. The van der Waals surface area contributed by atoms with E-state index in [0.717, 1.165) is 42.7 Å². The first-order valence-corrected chi connectivity index (χ1v) is 8.67. The Balaban J connectivity index is 1.57. The highest BCUT2D eigenvalue weighted by molar-refractivity contribution is 5.92. The summed E-state index contributed by atoms with van der Waals surface area (Å²) in [6, 6.07) is 20.3. The summed E-state index contributed by atoms with van der Waals surface area (Å²) >= 11 is 0. The van der Waals surface area contributed by atoms with Crippen molar-refractivity contribution in [3.63, 3.8) is 0 Å². The molecule has 1 aliphatic heterocycles. The molecule has 4 nitrogen and oxygen atoms in total. The van der Waals surface area contributed by atoms with Crippen molar-refractivity contribution in [1.29, 1.82) is 5.26 Å². The Kier molecular flexibility index (Phi) is 5.16. The van der Waals surface area contributed by atoms with E-state index in [-0.39, 0.29) is 5.91 Å². The van der Waals surface area contributed by atoms with Gasteiger partial charge in [0.05, 0.1) is 18.0 Å². The average Bonchev–Trinajstić information content (AvgIpc) is 2.63. The van der Waals surface area contributed by atoms with E-state index < -0.39 is 5.41 Å². The zero-order valence-electron chi connectivity index (χ0n) is 14.5. The predicted octanol–water partition coefficient (Wildman–Crippen LogP) is 3.49. The lowest BCUT2D eigenvalue weighted by Crippen LogP contribution is -2.44. The molecule has 0 unspecified atom stereocenters. The number of carbonyl (C=O) groups is 1. The molecule has 0 radical (unpaired) electrons. The molecule has 1 heterocycles. The first-order chi connectivity index (χ1) is 12.1. The highest BCUT2D eigenvalue weighted by Gasteiger charge is 2.36. The summed E-state index contributed by atoms with van der Waals surface area (Å²) in [6.07, 6.45) is 1.51. The average molecular weight is 333 g/mol. The van der Waals surface area contributed by atoms with Crippen molar-refractivity contribution in [2.45, 2.75) is 25.2 Å². The maximum absolute atomic E-state index is 12.3. The Bertz CT molecular complexity index is 771. The zero-order valence-corrected chi connectivity index (χ0v) is 14.5. The summed E-state index contributed by atoms with van der Waals surface area (Å²) in [7, 11) is 0. The Morgan fingerprint density at radius 2 is 1.88 bits per heavy atom. The van der Waals surface area contributed by atoms with Crippen molar-refractivity contribution in [2.24, 2.45) is 0 Å². The minimum atomic E-state index is -0.426. The number of piperidine rings is 1. The molecule has 25 heavy (non-hydrogen) atoms. The normalized spacial score (nSPS) is 16.8. The van der Waals surface area contributed by atoms with Gasteiger partial charge in [-0.2, -0.15) is 5.26 Å². The molecule has 0 saturated carbocycles. The van der Waals surface area contributed by atoms with Crippen LogP contribution in [0.3, 0.4) is 0 Å². The second-order valence-corrected chi connectivity index (χ2v) is 6.75. The third-order valence-corrected chi connectivity index (χ3v) is 4.92. The van der Waals surface area contributed by atoms with E-state index in [0.29, 0.717) is 6.54 Å². The van der Waals surface area contributed by atoms with Crippen LogP contribution in [0.5, 0.6) is 0 Å². The predicted molar refractivity (Wildman–Crippen MR) is 99.2 cm³/mol. The van der Waals surface area contributed by atoms with E-state index in [2.05, 4.69) is 16.3 Å². The molecule has 2 aromatic carbocycles. The summed E-state index contributed by atoms with van der Waals surface area (Å²) in [4.78, 5) is 14.4. The van der Waals surface area contributed by atoms with E-state index >= 15 is 0 Å². The lowest BCUT2D eigenvalue weighted by atomic mass is 9.74. The Morgan fingerprint density at radius 1 is 1.16 bits per heavy atom. The molecule has 128 valence electrons. The van der Waals surface area contributed by atoms with E-state index in [4.69, 9.17) is 0 Å². The summed E-state index contributed by atoms with van der Waals surface area (Å²) in [5.74, 6) is -0.00484. The quantitative estimate of drug-likeness (QED) is 0.932. The number of nitrogens with one attached hydrogen (secondary N) is 1. The molecule has 1 aliphatic rings. The second kappa shape index (κ2) is 7.50. The van der Waals surface area contributed by atoms with Gasteiger partial charge in [0, 0.05) is 18.8 Å². The topological polar surface area (TPSA) is 56.1 Å². The number of benzene rings is 2. The number of anilines is 1. The van der Waals surface area contributed by atoms with Crippen LogP contribution in [-0.4, -0.2) is 30.4 Å². The zero-order chi connectivity index (χ0) is 17.7. The van der Waals surface area contributed by atoms with Crippen LogP contribution < -0.4 is 5.32 Å². The SMILES string of the molecule is Cc1cccc(NC(=O)CN2CCC(C#N)(c3ccccc3)CC2)c1. The third kappa shape index (κ3) is 4.07. The molecule has 1 N–H and O–H groups in total. The molecular weight excluding hydrogens is 310 g/mol. The van der Waals surface area contributed by atoms with Gasteiger partial charge in [-0.15, -0.1) is 0 Å². The van der Waals surface area contributed by atoms with Crippen molar-refractivity contribution in [3.05, 3.63) is 65.7 Å². The lowest BCUT2D eigenvalue weighted by molar-refractivity contribution is -0.117. The fraction of sp³-hybridized carbons (Fsp3) is 0.333. The molecule has 4 heteroatoms. The molecule has 0 spiro atoms. The lowest BCUT2D eigenvalue weighted by Gasteiger charge is -2.37. The maximum atomic E-state index is 12.3. The largest absolute Gasteiger partial charge is 0.325 e. The highest BCUT2D eigenvalue weighted by atomic mass is 16.2. The molecule has 0 aromatic heterocycles. The Hall–Kier alpha value is -2.64. The van der Waals surface area contributed by atoms with Crippen LogP contribution in [0.25, 0.3) is 0 Å². The Labute approximate surface area is 149 Å². The van der Waals surface area contributed by atoms with Crippen molar-refractivity contribution < 1.29 is 4.79 Å². The van der Waals surface area contributed by atoms with Gasteiger partial charge in [0.2, 0.25) is 5.91 Å². The first kappa shape index (κ1) is 17.2. The molecular formula is C21H23N3O. The van der Waals surface area contributed by atoms with E-state index in [9.17, 15) is 10.1 Å². The number of rotatable bonds is 4. The number of nitrogens with zero attached hydrogens (tertiary/aromatic N) is 2. The third-order valence-electron chi connectivity index (χ3n) is 4.92. The van der Waals surface area contributed by atoms with Gasteiger partial charge in [-0.1, -0.05) is 42.5 Å². The molecule has 0 aliphatic carbocycles. The van der Waals surface area contributed by atoms with Crippen LogP contribution in [0.4, 0.5) is 5.69 Å². The van der Waals surface area contributed by atoms with Crippen LogP contribution in [0.1, 0.15) is 24.0 Å². The van der Waals surface area contributed by atoms with Gasteiger partial charge in [-0.05, 0) is 43.0 Å². The molecule has 1 fully saturated rings. The summed E-state index contributed by atoms with van der Waals surface area (Å²) in [5.41, 5.74) is 2.61. The standard InChI is InChI=1S/C21H23N3O/c1-17-6-5-9-19(14-17)23-20(25)15-24-12-10-21(16-22,11-13-24)18-7-3-2-4-8-18/h2-9,14H,10-13,15H2,1H3,(H,23,25). The number of likely N-dealkylation sites (tertiary alicyclic amines) is 1. The van der Waals surface area contributed by atoms with Crippen molar-refractivity contribution in [2.75, 3.05) is 25.0 Å². The molecule has 0 atom stereocenters. The van der Waals surface area contributed by atoms with Crippen molar-refractivity contribution in [1.82, 2.24) is 4.90 Å². The number of hydrogen-bond acceptors (Lipinski definition) is 3. The first-order valence-electron chi connectivity index (χ1n) is 8.67.